The summed E-state index contributed by atoms with van der Waals surface area (Å²) in [6.45, 7) is 0.675. The Morgan fingerprint density at radius 2 is 2.00 bits per heavy atom. The number of carbonyl (C=O) groups excluding carboxylic acids is 2. The second-order valence-corrected chi connectivity index (χ2v) is 7.83. The number of likely N-dealkylation sites (tertiary alicyclic amines) is 1. The third kappa shape index (κ3) is 6.35. The first kappa shape index (κ1) is 19.2. The van der Waals surface area contributed by atoms with Crippen molar-refractivity contribution in [1.29, 1.82) is 0 Å². The Balaban J connectivity index is 1.78. The molecule has 1 aromatic rings. The van der Waals surface area contributed by atoms with Gasteiger partial charge in [-0.3, -0.25) is 9.59 Å². The molecule has 25 heavy (non-hydrogen) atoms. The van der Waals surface area contributed by atoms with E-state index in [1.165, 1.54) is 0 Å². The first-order valence-electron chi connectivity index (χ1n) is 7.91. The number of sulfonamides is 1. The van der Waals surface area contributed by atoms with Crippen molar-refractivity contribution in [3.63, 3.8) is 0 Å². The number of nitrogens with one attached hydrogen (secondary N) is 2. The van der Waals surface area contributed by atoms with Crippen molar-refractivity contribution in [2.45, 2.75) is 18.9 Å². The summed E-state index contributed by atoms with van der Waals surface area (Å²) < 4.78 is 29.2. The van der Waals surface area contributed by atoms with E-state index in [0.717, 1.165) is 17.6 Å². The summed E-state index contributed by atoms with van der Waals surface area (Å²) in [5, 5.41) is 2.68. The van der Waals surface area contributed by atoms with Gasteiger partial charge in [0.05, 0.1) is 26.0 Å². The fourth-order valence-electron chi connectivity index (χ4n) is 2.62. The Morgan fingerprint density at radius 1 is 1.32 bits per heavy atom. The van der Waals surface area contributed by atoms with Crippen molar-refractivity contribution in [2.75, 3.05) is 33.0 Å². The number of carbonyl (C=O) groups is 2. The zero-order valence-corrected chi connectivity index (χ0v) is 15.1. The smallest absolute Gasteiger partial charge is 0.235 e. The van der Waals surface area contributed by atoms with Gasteiger partial charge >= 0.3 is 0 Å². The molecular formula is C16H23N3O5S. The highest BCUT2D eigenvalue weighted by Gasteiger charge is 2.30. The molecule has 1 atom stereocenters. The SMILES string of the molecule is COc1ccc(CCN2C[C@H](NC(=O)CNS(C)(=O)=O)CC2=O)cc1. The highest BCUT2D eigenvalue weighted by Crippen LogP contribution is 2.15. The number of ether oxygens (including phenoxy) is 1. The van der Waals surface area contributed by atoms with Crippen molar-refractivity contribution in [1.82, 2.24) is 14.9 Å². The molecule has 0 saturated carbocycles. The number of methoxy groups -OCH3 is 1. The Kier molecular flexibility index (Phi) is 6.38. The maximum Gasteiger partial charge on any atom is 0.235 e. The lowest BCUT2D eigenvalue weighted by Gasteiger charge is -2.17. The Labute approximate surface area is 147 Å². The third-order valence-electron chi connectivity index (χ3n) is 3.90. The second kappa shape index (κ2) is 8.30. The molecule has 8 nitrogen and oxygen atoms in total. The van der Waals surface area contributed by atoms with Crippen LogP contribution in [0.4, 0.5) is 0 Å². The van der Waals surface area contributed by atoms with Crippen LogP contribution in [0.5, 0.6) is 5.75 Å². The van der Waals surface area contributed by atoms with Gasteiger partial charge < -0.3 is 15.0 Å². The van der Waals surface area contributed by atoms with Crippen molar-refractivity contribution in [3.8, 4) is 5.75 Å². The molecule has 1 fully saturated rings. The molecule has 2 amide bonds. The topological polar surface area (TPSA) is 105 Å². The third-order valence-corrected chi connectivity index (χ3v) is 4.57. The van der Waals surface area contributed by atoms with Crippen LogP contribution >= 0.6 is 0 Å². The lowest BCUT2D eigenvalue weighted by atomic mass is 10.1. The zero-order valence-electron chi connectivity index (χ0n) is 14.3. The molecule has 9 heteroatoms. The molecule has 1 heterocycles. The Hall–Kier alpha value is -2.13. The van der Waals surface area contributed by atoms with E-state index in [0.29, 0.717) is 19.5 Å². The predicted octanol–water partition coefficient (Wildman–Crippen LogP) is -0.496. The number of nitrogens with zero attached hydrogens (tertiary/aromatic N) is 1. The summed E-state index contributed by atoms with van der Waals surface area (Å²) in [5.41, 5.74) is 1.10. The first-order valence-corrected chi connectivity index (χ1v) is 9.80. The van der Waals surface area contributed by atoms with E-state index < -0.39 is 15.9 Å². The van der Waals surface area contributed by atoms with Gasteiger partial charge in [-0.25, -0.2) is 13.1 Å². The first-order chi connectivity index (χ1) is 11.8. The molecule has 0 spiro atoms. The average molecular weight is 369 g/mol. The lowest BCUT2D eigenvalue weighted by molar-refractivity contribution is -0.127. The predicted molar refractivity (Wildman–Crippen MR) is 92.7 cm³/mol. The number of hydrogen-bond acceptors (Lipinski definition) is 5. The molecule has 0 bridgehead atoms. The van der Waals surface area contributed by atoms with Crippen molar-refractivity contribution >= 4 is 21.8 Å². The molecule has 0 aromatic heterocycles. The molecule has 2 rings (SSSR count). The van der Waals surface area contributed by atoms with Crippen molar-refractivity contribution in [3.05, 3.63) is 29.8 Å². The lowest BCUT2D eigenvalue weighted by Crippen LogP contribution is -2.43. The summed E-state index contributed by atoms with van der Waals surface area (Å²) in [4.78, 5) is 25.5. The molecule has 1 saturated heterocycles. The molecule has 0 unspecified atom stereocenters. The maximum atomic E-state index is 12.0. The Morgan fingerprint density at radius 3 is 2.60 bits per heavy atom. The quantitative estimate of drug-likeness (QED) is 0.643. The van der Waals surface area contributed by atoms with Crippen LogP contribution in [0.3, 0.4) is 0 Å². The minimum absolute atomic E-state index is 0.0186. The molecule has 1 aromatic carbocycles. The van der Waals surface area contributed by atoms with Gasteiger partial charge in [0.2, 0.25) is 21.8 Å². The van der Waals surface area contributed by atoms with Gasteiger partial charge in [0.15, 0.2) is 0 Å². The molecule has 0 aliphatic carbocycles. The fourth-order valence-corrected chi connectivity index (χ4v) is 3.01. The number of amides is 2. The number of rotatable bonds is 8. The summed E-state index contributed by atoms with van der Waals surface area (Å²) in [7, 11) is -1.81. The minimum atomic E-state index is -3.42. The maximum absolute atomic E-state index is 12.0. The van der Waals surface area contributed by atoms with E-state index in [-0.39, 0.29) is 24.9 Å². The monoisotopic (exact) mass is 369 g/mol. The van der Waals surface area contributed by atoms with Crippen LogP contribution in [0.15, 0.2) is 24.3 Å². The number of benzene rings is 1. The largest absolute Gasteiger partial charge is 0.497 e. The normalized spacial score (nSPS) is 17.6. The van der Waals surface area contributed by atoms with E-state index in [4.69, 9.17) is 4.74 Å². The molecule has 1 aliphatic rings. The van der Waals surface area contributed by atoms with Crippen LogP contribution in [0.25, 0.3) is 0 Å². The summed E-state index contributed by atoms with van der Waals surface area (Å²) >= 11 is 0. The van der Waals surface area contributed by atoms with Crippen molar-refractivity contribution in [2.24, 2.45) is 0 Å². The van der Waals surface area contributed by atoms with Crippen LogP contribution in [-0.2, 0) is 26.0 Å². The summed E-state index contributed by atoms with van der Waals surface area (Å²) in [5.74, 6) is 0.321. The second-order valence-electron chi connectivity index (χ2n) is 6.00. The van der Waals surface area contributed by atoms with Crippen LogP contribution in [-0.4, -0.2) is 64.2 Å². The summed E-state index contributed by atoms with van der Waals surface area (Å²) in [6, 6.07) is 7.36. The highest BCUT2D eigenvalue weighted by molar-refractivity contribution is 7.88. The van der Waals surface area contributed by atoms with E-state index in [9.17, 15) is 18.0 Å². The summed E-state index contributed by atoms with van der Waals surface area (Å²) in [6.07, 6.45) is 1.93. The van der Waals surface area contributed by atoms with Gasteiger partial charge in [-0.05, 0) is 24.1 Å². The molecular weight excluding hydrogens is 346 g/mol. The standard InChI is InChI=1S/C16H23N3O5S/c1-24-14-5-3-12(4-6-14)7-8-19-11-13(9-16(19)21)18-15(20)10-17-25(2,22)23/h3-6,13,17H,7-11H2,1-2H3,(H,18,20)/t13-/m1/s1. The van der Waals surface area contributed by atoms with E-state index >= 15 is 0 Å². The van der Waals surface area contributed by atoms with E-state index in [1.54, 1.807) is 12.0 Å². The van der Waals surface area contributed by atoms with Crippen molar-refractivity contribution < 1.29 is 22.7 Å². The van der Waals surface area contributed by atoms with E-state index in [1.807, 2.05) is 24.3 Å². The molecule has 2 N–H and O–H groups in total. The van der Waals surface area contributed by atoms with Crippen LogP contribution in [0.1, 0.15) is 12.0 Å². The minimum Gasteiger partial charge on any atom is -0.497 e. The van der Waals surface area contributed by atoms with Gasteiger partial charge in [0.1, 0.15) is 5.75 Å². The van der Waals surface area contributed by atoms with Gasteiger partial charge in [0, 0.05) is 19.5 Å². The molecule has 0 radical (unpaired) electrons. The average Bonchev–Trinajstić information content (AvgIpc) is 2.90. The van der Waals surface area contributed by atoms with Gasteiger partial charge in [-0.1, -0.05) is 12.1 Å². The molecule has 138 valence electrons. The highest BCUT2D eigenvalue weighted by atomic mass is 32.2. The van der Waals surface area contributed by atoms with Crippen LogP contribution in [0.2, 0.25) is 0 Å². The van der Waals surface area contributed by atoms with Gasteiger partial charge in [-0.2, -0.15) is 0 Å². The Bertz CT molecular complexity index is 718. The van der Waals surface area contributed by atoms with E-state index in [2.05, 4.69) is 10.0 Å². The molecule has 1 aliphatic heterocycles. The van der Waals surface area contributed by atoms with Crippen LogP contribution < -0.4 is 14.8 Å². The van der Waals surface area contributed by atoms with Gasteiger partial charge in [-0.15, -0.1) is 0 Å². The fraction of sp³-hybridized carbons (Fsp3) is 0.500. The van der Waals surface area contributed by atoms with Crippen LogP contribution in [0, 0.1) is 0 Å². The number of hydrogen-bond donors (Lipinski definition) is 2. The zero-order chi connectivity index (χ0) is 18.4. The van der Waals surface area contributed by atoms with Gasteiger partial charge in [0.25, 0.3) is 0 Å².